The Labute approximate surface area is 127 Å². The number of nitrogens with zero attached hydrogens (tertiary/aromatic N) is 4. The standard InChI is InChI=1S/C14H19N5O3/c20-6-10-4-5-11(21-10)22-19-8-17-12-13(15-7-16-14(12)19)18-9-2-1-3-9/h7-11,20H,1-6H2,(H,15,16,18)/t10-,11+/m0/s1. The predicted octanol–water partition coefficient (Wildman–Crippen LogP) is 0.717. The van der Waals surface area contributed by atoms with Gasteiger partial charge >= 0.3 is 0 Å². The van der Waals surface area contributed by atoms with E-state index in [1.54, 1.807) is 6.33 Å². The van der Waals surface area contributed by atoms with E-state index in [1.807, 2.05) is 0 Å². The van der Waals surface area contributed by atoms with Gasteiger partial charge in [0.1, 0.15) is 12.7 Å². The molecule has 2 aromatic rings. The third-order valence-electron chi connectivity index (χ3n) is 4.25. The van der Waals surface area contributed by atoms with E-state index in [0.29, 0.717) is 17.2 Å². The van der Waals surface area contributed by atoms with Crippen LogP contribution in [0.5, 0.6) is 0 Å². The van der Waals surface area contributed by atoms with E-state index < -0.39 is 0 Å². The third kappa shape index (κ3) is 2.48. The van der Waals surface area contributed by atoms with E-state index in [0.717, 1.165) is 18.7 Å². The monoisotopic (exact) mass is 305 g/mol. The summed E-state index contributed by atoms with van der Waals surface area (Å²) in [6.07, 6.45) is 7.69. The number of aromatic nitrogens is 4. The first-order chi connectivity index (χ1) is 10.8. The van der Waals surface area contributed by atoms with Gasteiger partial charge in [0.2, 0.25) is 11.9 Å². The quantitative estimate of drug-likeness (QED) is 0.840. The predicted molar refractivity (Wildman–Crippen MR) is 78.1 cm³/mol. The van der Waals surface area contributed by atoms with Crippen molar-refractivity contribution < 1.29 is 14.7 Å². The normalized spacial score (nSPS) is 25.3. The van der Waals surface area contributed by atoms with Crippen molar-refractivity contribution in [2.45, 2.75) is 50.5 Å². The van der Waals surface area contributed by atoms with Gasteiger partial charge in [0, 0.05) is 12.5 Å². The number of rotatable bonds is 5. The number of fused-ring (bicyclic) bond motifs is 1. The lowest BCUT2D eigenvalue weighted by molar-refractivity contribution is -0.140. The lowest BCUT2D eigenvalue weighted by atomic mass is 9.93. The maximum atomic E-state index is 9.10. The van der Waals surface area contributed by atoms with Gasteiger partial charge in [0.15, 0.2) is 11.3 Å². The summed E-state index contributed by atoms with van der Waals surface area (Å²) in [6.45, 7) is 0.0160. The molecule has 8 nitrogen and oxygen atoms in total. The number of hydrogen-bond acceptors (Lipinski definition) is 7. The van der Waals surface area contributed by atoms with Crippen LogP contribution in [0.15, 0.2) is 12.7 Å². The van der Waals surface area contributed by atoms with E-state index >= 15 is 0 Å². The molecule has 2 atom stereocenters. The Hall–Kier alpha value is -1.93. The minimum absolute atomic E-state index is 0.0160. The average Bonchev–Trinajstić information content (AvgIpc) is 3.11. The van der Waals surface area contributed by atoms with Gasteiger partial charge in [-0.25, -0.2) is 15.0 Å². The Bertz CT molecular complexity index is 657. The van der Waals surface area contributed by atoms with E-state index in [1.165, 1.54) is 30.3 Å². The van der Waals surface area contributed by atoms with Gasteiger partial charge in [0.25, 0.3) is 0 Å². The highest BCUT2D eigenvalue weighted by molar-refractivity contribution is 5.82. The summed E-state index contributed by atoms with van der Waals surface area (Å²) in [4.78, 5) is 18.7. The summed E-state index contributed by atoms with van der Waals surface area (Å²) in [5.41, 5.74) is 1.32. The minimum Gasteiger partial charge on any atom is -0.394 e. The molecule has 4 rings (SSSR count). The first-order valence-electron chi connectivity index (χ1n) is 7.71. The number of aliphatic hydroxyl groups excluding tert-OH is 1. The Kier molecular flexibility index (Phi) is 3.55. The maximum Gasteiger partial charge on any atom is 0.225 e. The van der Waals surface area contributed by atoms with Gasteiger partial charge < -0.3 is 20.0 Å². The van der Waals surface area contributed by atoms with Gasteiger partial charge in [-0.1, -0.05) is 0 Å². The highest BCUT2D eigenvalue weighted by Gasteiger charge is 2.27. The third-order valence-corrected chi connectivity index (χ3v) is 4.25. The lowest BCUT2D eigenvalue weighted by Crippen LogP contribution is -2.28. The van der Waals surface area contributed by atoms with Gasteiger partial charge in [-0.05, 0) is 25.7 Å². The molecule has 22 heavy (non-hydrogen) atoms. The molecule has 118 valence electrons. The number of anilines is 1. The van der Waals surface area contributed by atoms with E-state index in [4.69, 9.17) is 14.7 Å². The van der Waals surface area contributed by atoms with E-state index in [2.05, 4.69) is 20.3 Å². The fourth-order valence-electron chi connectivity index (χ4n) is 2.75. The van der Waals surface area contributed by atoms with Crippen LogP contribution in [-0.4, -0.2) is 49.8 Å². The second-order valence-electron chi connectivity index (χ2n) is 5.79. The number of hydrogen-bond donors (Lipinski definition) is 2. The number of aliphatic hydroxyl groups is 1. The Morgan fingerprint density at radius 1 is 1.27 bits per heavy atom. The van der Waals surface area contributed by atoms with Crippen molar-refractivity contribution in [2.24, 2.45) is 0 Å². The van der Waals surface area contributed by atoms with E-state index in [-0.39, 0.29) is 19.0 Å². The average molecular weight is 305 g/mol. The molecule has 1 saturated heterocycles. The molecule has 2 aromatic heterocycles. The summed E-state index contributed by atoms with van der Waals surface area (Å²) in [5, 5.41) is 12.5. The SMILES string of the molecule is OC[C@@H]1CC[C@@H](On2cnc3c(NC4CCC4)ncnc32)O1. The Balaban J connectivity index is 1.53. The molecule has 8 heteroatoms. The van der Waals surface area contributed by atoms with Gasteiger partial charge in [-0.15, -0.1) is 4.73 Å². The highest BCUT2D eigenvalue weighted by atomic mass is 16.8. The molecule has 0 aromatic carbocycles. The van der Waals surface area contributed by atoms with Crippen molar-refractivity contribution in [1.82, 2.24) is 19.7 Å². The smallest absolute Gasteiger partial charge is 0.225 e. The summed E-state index contributed by atoms with van der Waals surface area (Å²) in [6, 6.07) is 0.479. The van der Waals surface area contributed by atoms with Crippen LogP contribution in [0.3, 0.4) is 0 Å². The minimum atomic E-state index is -0.382. The van der Waals surface area contributed by atoms with Crippen LogP contribution >= 0.6 is 0 Å². The van der Waals surface area contributed by atoms with Crippen LogP contribution in [0.2, 0.25) is 0 Å². The Morgan fingerprint density at radius 3 is 2.91 bits per heavy atom. The number of imidazole rings is 1. The molecule has 0 bridgehead atoms. The fraction of sp³-hybridized carbons (Fsp3) is 0.643. The molecule has 1 aliphatic carbocycles. The van der Waals surface area contributed by atoms with Crippen molar-refractivity contribution >= 4 is 17.0 Å². The van der Waals surface area contributed by atoms with Crippen LogP contribution in [0.25, 0.3) is 11.2 Å². The van der Waals surface area contributed by atoms with Gasteiger partial charge in [0.05, 0.1) is 12.7 Å². The van der Waals surface area contributed by atoms with Crippen molar-refractivity contribution in [3.63, 3.8) is 0 Å². The Morgan fingerprint density at radius 2 is 2.18 bits per heavy atom. The van der Waals surface area contributed by atoms with Crippen LogP contribution in [0, 0.1) is 0 Å². The topological polar surface area (TPSA) is 94.3 Å². The van der Waals surface area contributed by atoms with Crippen LogP contribution in [0.4, 0.5) is 5.82 Å². The van der Waals surface area contributed by atoms with Crippen LogP contribution in [0.1, 0.15) is 32.1 Å². The summed E-state index contributed by atoms with van der Waals surface area (Å²) >= 11 is 0. The molecule has 1 aliphatic heterocycles. The van der Waals surface area contributed by atoms with Crippen LogP contribution < -0.4 is 10.2 Å². The lowest BCUT2D eigenvalue weighted by Gasteiger charge is -2.26. The van der Waals surface area contributed by atoms with Crippen molar-refractivity contribution in [3.8, 4) is 0 Å². The van der Waals surface area contributed by atoms with Crippen molar-refractivity contribution in [2.75, 3.05) is 11.9 Å². The zero-order chi connectivity index (χ0) is 14.9. The number of ether oxygens (including phenoxy) is 1. The molecular weight excluding hydrogens is 286 g/mol. The number of nitrogens with one attached hydrogen (secondary N) is 1. The molecule has 2 N–H and O–H groups in total. The molecule has 0 amide bonds. The second-order valence-corrected chi connectivity index (χ2v) is 5.79. The largest absolute Gasteiger partial charge is 0.394 e. The zero-order valence-corrected chi connectivity index (χ0v) is 12.2. The molecule has 2 fully saturated rings. The summed E-state index contributed by atoms with van der Waals surface area (Å²) < 4.78 is 7.10. The van der Waals surface area contributed by atoms with Crippen LogP contribution in [-0.2, 0) is 4.74 Å². The second kappa shape index (κ2) is 5.69. The van der Waals surface area contributed by atoms with Gasteiger partial charge in [-0.2, -0.15) is 0 Å². The molecule has 2 aliphatic rings. The summed E-state index contributed by atoms with van der Waals surface area (Å²) in [7, 11) is 0. The highest BCUT2D eigenvalue weighted by Crippen LogP contribution is 2.26. The van der Waals surface area contributed by atoms with E-state index in [9.17, 15) is 0 Å². The molecular formula is C14H19N5O3. The van der Waals surface area contributed by atoms with Crippen molar-refractivity contribution in [1.29, 1.82) is 0 Å². The molecule has 0 spiro atoms. The fourth-order valence-corrected chi connectivity index (χ4v) is 2.75. The zero-order valence-electron chi connectivity index (χ0n) is 12.2. The first-order valence-corrected chi connectivity index (χ1v) is 7.71. The first kappa shape index (κ1) is 13.7. The molecule has 3 heterocycles. The molecule has 0 radical (unpaired) electrons. The molecule has 0 unspecified atom stereocenters. The molecule has 1 saturated carbocycles. The summed E-state index contributed by atoms with van der Waals surface area (Å²) in [5.74, 6) is 0.748. The van der Waals surface area contributed by atoms with Gasteiger partial charge in [-0.3, -0.25) is 0 Å². The maximum absolute atomic E-state index is 9.10. The van der Waals surface area contributed by atoms with Crippen molar-refractivity contribution in [3.05, 3.63) is 12.7 Å².